The Hall–Kier alpha value is -3.23. The molecule has 1 aliphatic rings. The van der Waals surface area contributed by atoms with Crippen LogP contribution >= 0.6 is 27.5 Å². The van der Waals surface area contributed by atoms with E-state index in [1.807, 2.05) is 31.2 Å². The van der Waals surface area contributed by atoms with E-state index >= 15 is 0 Å². The van der Waals surface area contributed by atoms with Crippen LogP contribution in [0.25, 0.3) is 22.2 Å². The van der Waals surface area contributed by atoms with E-state index in [0.717, 1.165) is 27.6 Å². The quantitative estimate of drug-likeness (QED) is 0.116. The molecule has 67 heavy (non-hydrogen) atoms. The zero-order valence-electron chi connectivity index (χ0n) is 34.1. The smallest absolute Gasteiger partial charge is 0.457 e. The first-order valence-corrected chi connectivity index (χ1v) is 20.4. The number of hydrogen-bond donors (Lipinski definition) is 1. The fraction of sp³-hybridized carbons (Fsp3) is 0.283. The van der Waals surface area contributed by atoms with Gasteiger partial charge in [-0.2, -0.15) is 48.3 Å². The third kappa shape index (κ3) is 14.7. The van der Waals surface area contributed by atoms with E-state index in [4.69, 9.17) is 16.3 Å². The Bertz CT molecular complexity index is 2580. The van der Waals surface area contributed by atoms with Crippen LogP contribution in [0.2, 0.25) is 5.02 Å². The van der Waals surface area contributed by atoms with Crippen molar-refractivity contribution in [3.63, 3.8) is 0 Å². The van der Waals surface area contributed by atoms with Gasteiger partial charge in [-0.05, 0) is 109 Å². The van der Waals surface area contributed by atoms with Crippen LogP contribution in [0.15, 0.2) is 120 Å². The Morgan fingerprint density at radius 1 is 0.761 bits per heavy atom. The van der Waals surface area contributed by atoms with Crippen LogP contribution in [0, 0.1) is 62.2 Å². The number of ether oxygens (including phenoxy) is 3. The van der Waals surface area contributed by atoms with Gasteiger partial charge in [0.2, 0.25) is 0 Å². The van der Waals surface area contributed by atoms with E-state index in [2.05, 4.69) is 30.4 Å². The van der Waals surface area contributed by atoms with Crippen LogP contribution < -0.4 is 19.1 Å². The van der Waals surface area contributed by atoms with Crippen molar-refractivity contribution in [2.75, 3.05) is 11.4 Å². The van der Waals surface area contributed by atoms with Gasteiger partial charge in [-0.1, -0.05) is 78.3 Å². The Morgan fingerprint density at radius 2 is 1.37 bits per heavy atom. The molecule has 6 aromatic rings. The molecule has 1 aromatic heterocycles. The second-order valence-electron chi connectivity index (χ2n) is 14.3. The summed E-state index contributed by atoms with van der Waals surface area (Å²) in [5.41, 5.74) is 3.73. The standard InChI is InChI=1S/C28H25ClF7NO3.C17H10BrF4NO.CH4.2U/c1-2-16-13-18(9-11-21(16)29)39-24-8-4-7-23-20(24)10-12-22(37(23)15-25(38)27(32,33)34)17-5-3-6-19(14-17)40-28(35,36)26(30)31;18-13-5-2-6-15-12(13)7-8-14(23-15)10-3-1-4-11(9-10)24-17(21,22)16(19)20;;;/h3-9,11,13-14,22,25-26,38H,2,10,12,15H2,1H3;1-9,16H;1H4;;. The van der Waals surface area contributed by atoms with Gasteiger partial charge in [0.25, 0.3) is 0 Å². The molecule has 0 saturated heterocycles. The molecule has 0 bridgehead atoms. The zero-order chi connectivity index (χ0) is 46.6. The summed E-state index contributed by atoms with van der Waals surface area (Å²) in [6.45, 7) is 1.05. The molecule has 356 valence electrons. The van der Waals surface area contributed by atoms with E-state index in [1.54, 1.807) is 48.5 Å². The molecule has 0 fully saturated rings. The van der Waals surface area contributed by atoms with Gasteiger partial charge in [-0.25, -0.2) is 4.98 Å². The predicted molar refractivity (Wildman–Crippen MR) is 229 cm³/mol. The van der Waals surface area contributed by atoms with Crippen molar-refractivity contribution >= 4 is 44.1 Å². The largest absolute Gasteiger partial charge is 0.461 e. The fourth-order valence-electron chi connectivity index (χ4n) is 6.84. The van der Waals surface area contributed by atoms with Crippen LogP contribution in [-0.2, 0) is 12.8 Å². The SMILES string of the molecule is C.CCc1cc(Oc2cccc3c2CCC(c2cccc(OC(F)(F)C(F)F)c2)N3CC(O)C(F)(F)F)ccc1Cl.FC(F)C(F)(F)Oc1cccc(-c2ccc3c(Br)cccc3n2)c1.[U].[U]. The predicted octanol–water partition coefficient (Wildman–Crippen LogP) is 14.9. The second-order valence-corrected chi connectivity index (χ2v) is 15.5. The van der Waals surface area contributed by atoms with Crippen LogP contribution in [0.3, 0.4) is 0 Å². The third-order valence-corrected chi connectivity index (χ3v) is 11.0. The Balaban J connectivity index is 0.000000379. The number of fused-ring (bicyclic) bond motifs is 2. The minimum absolute atomic E-state index is 0. The van der Waals surface area contributed by atoms with Crippen LogP contribution in [0.1, 0.15) is 43.5 Å². The zero-order valence-corrected chi connectivity index (χ0v) is 44.8. The van der Waals surface area contributed by atoms with Gasteiger partial charge >= 0.3 is 31.2 Å². The normalized spacial score (nSPS) is 14.2. The topological polar surface area (TPSA) is 64.1 Å². The number of β-amino-alcohol motifs (C(OH)–C–C–N with tert-alkyl or cyclic N) is 1. The number of nitrogens with zero attached hydrogens (tertiary/aromatic N) is 2. The Kier molecular flexibility index (Phi) is 21.3. The van der Waals surface area contributed by atoms with E-state index < -0.39 is 55.7 Å². The number of aliphatic hydroxyl groups is 1. The summed E-state index contributed by atoms with van der Waals surface area (Å²) in [7, 11) is 0. The van der Waals surface area contributed by atoms with Crippen molar-refractivity contribution in [3.8, 4) is 34.3 Å². The number of pyridine rings is 1. The minimum Gasteiger partial charge on any atom is -0.457 e. The van der Waals surface area contributed by atoms with Gasteiger partial charge in [0, 0.05) is 93.9 Å². The summed E-state index contributed by atoms with van der Waals surface area (Å²) >= 11 is 9.61. The molecule has 2 heterocycles. The fourth-order valence-corrected chi connectivity index (χ4v) is 7.57. The van der Waals surface area contributed by atoms with Crippen LogP contribution in [0.5, 0.6) is 23.0 Å². The summed E-state index contributed by atoms with van der Waals surface area (Å²) in [5.74, 6) is -0.0608. The molecule has 1 aliphatic heterocycles. The number of alkyl halides is 11. The molecule has 2 unspecified atom stereocenters. The van der Waals surface area contributed by atoms with Gasteiger partial charge in [-0.3, -0.25) is 0 Å². The number of halogens is 13. The van der Waals surface area contributed by atoms with Crippen LogP contribution in [0.4, 0.5) is 54.0 Å². The number of rotatable bonds is 13. The average Bonchev–Trinajstić information content (AvgIpc) is 3.24. The molecular weight excluding hydrogens is 1440 g/mol. The van der Waals surface area contributed by atoms with Crippen molar-refractivity contribution in [2.24, 2.45) is 0 Å². The molecule has 0 spiro atoms. The summed E-state index contributed by atoms with van der Waals surface area (Å²) in [5, 5.41) is 11.4. The Morgan fingerprint density at radius 3 is 2.00 bits per heavy atom. The molecule has 7 rings (SSSR count). The van der Waals surface area contributed by atoms with E-state index in [9.17, 15) is 53.4 Å². The number of anilines is 1. The number of aliphatic hydroxyl groups excluding tert-OH is 1. The number of aryl methyl sites for hydroxylation is 1. The number of aromatic nitrogens is 1. The summed E-state index contributed by atoms with van der Waals surface area (Å²) in [4.78, 5) is 5.77. The van der Waals surface area contributed by atoms with E-state index in [-0.39, 0.29) is 87.4 Å². The summed E-state index contributed by atoms with van der Waals surface area (Å²) in [6.07, 6.45) is -23.8. The van der Waals surface area contributed by atoms with Crippen molar-refractivity contribution in [1.29, 1.82) is 0 Å². The maximum Gasteiger partial charge on any atom is 0.461 e. The number of hydrogen-bond acceptors (Lipinski definition) is 6. The van der Waals surface area contributed by atoms with Gasteiger partial charge in [0.1, 0.15) is 23.0 Å². The number of benzene rings is 5. The molecule has 0 aliphatic carbocycles. The van der Waals surface area contributed by atoms with Crippen molar-refractivity contribution < 1.29 is 130 Å². The molecule has 0 amide bonds. The first kappa shape index (κ1) is 58.1. The van der Waals surface area contributed by atoms with Gasteiger partial charge in [0.15, 0.2) is 6.10 Å². The maximum absolute atomic E-state index is 13.5. The van der Waals surface area contributed by atoms with Crippen molar-refractivity contribution in [3.05, 3.63) is 141 Å². The molecule has 5 aromatic carbocycles. The van der Waals surface area contributed by atoms with Crippen molar-refractivity contribution in [2.45, 2.75) is 77.0 Å². The van der Waals surface area contributed by atoms with Crippen molar-refractivity contribution in [1.82, 2.24) is 4.98 Å². The molecule has 1 N–H and O–H groups in total. The van der Waals surface area contributed by atoms with Gasteiger partial charge < -0.3 is 24.2 Å². The monoisotopic (exact) mass is 1480 g/mol. The van der Waals surface area contributed by atoms with Gasteiger partial charge in [-0.15, -0.1) is 0 Å². The third-order valence-electron chi connectivity index (χ3n) is 9.90. The Labute approximate surface area is 439 Å². The van der Waals surface area contributed by atoms with Crippen LogP contribution in [-0.4, -0.2) is 54.0 Å². The average molecular weight is 1480 g/mol. The molecule has 0 radical (unpaired) electrons. The van der Waals surface area contributed by atoms with E-state index in [1.165, 1.54) is 35.2 Å². The minimum atomic E-state index is -4.93. The first-order chi connectivity index (χ1) is 30.2. The van der Waals surface area contributed by atoms with Gasteiger partial charge in [0.05, 0.1) is 23.8 Å². The first-order valence-electron chi connectivity index (χ1n) is 19.2. The summed E-state index contributed by atoms with van der Waals surface area (Å²) in [6, 6.07) is 28.6. The molecule has 2 atom stereocenters. The molecule has 0 saturated carbocycles. The van der Waals surface area contributed by atoms with E-state index in [0.29, 0.717) is 57.4 Å². The maximum atomic E-state index is 13.5. The molecule has 6 nitrogen and oxygen atoms in total. The molecule has 21 heteroatoms. The second kappa shape index (κ2) is 24.6. The summed E-state index contributed by atoms with van der Waals surface area (Å²) < 4.78 is 158. The molecular formula is C46H39BrClF11N2O4U2.